The van der Waals surface area contributed by atoms with E-state index in [-0.39, 0.29) is 17.7 Å². The van der Waals surface area contributed by atoms with E-state index in [0.29, 0.717) is 5.56 Å². The lowest BCUT2D eigenvalue weighted by molar-refractivity contribution is -0.133. The molecule has 0 saturated heterocycles. The van der Waals surface area contributed by atoms with E-state index >= 15 is 0 Å². The van der Waals surface area contributed by atoms with Gasteiger partial charge in [0.25, 0.3) is 11.8 Å². The van der Waals surface area contributed by atoms with Crippen LogP contribution in [0.1, 0.15) is 56.3 Å². The molecule has 25 heavy (non-hydrogen) atoms. The molecule has 1 atom stereocenters. The van der Waals surface area contributed by atoms with Crippen molar-refractivity contribution in [3.8, 4) is 0 Å². The van der Waals surface area contributed by atoms with Crippen molar-refractivity contribution < 1.29 is 14.4 Å². The molecular formula is C18H26N4O3. The zero-order valence-electron chi connectivity index (χ0n) is 14.7. The number of hydrogen-bond donors (Lipinski definition) is 3. The maximum Gasteiger partial charge on any atom is 0.271 e. The van der Waals surface area contributed by atoms with Gasteiger partial charge in [0, 0.05) is 18.3 Å². The lowest BCUT2D eigenvalue weighted by Crippen LogP contribution is -2.55. The third-order valence-corrected chi connectivity index (χ3v) is 4.45. The number of nitrogens with zero attached hydrogens (tertiary/aromatic N) is 1. The molecule has 1 saturated carbocycles. The van der Waals surface area contributed by atoms with Crippen LogP contribution in [0.3, 0.4) is 0 Å². The van der Waals surface area contributed by atoms with Crippen molar-refractivity contribution in [1.82, 2.24) is 21.2 Å². The molecule has 7 heteroatoms. The standard InChI is InChI=1S/C18H26N4O3/c1-12(2)15(20-16(23)13-7-4-3-5-8-13)18(25)22-21-17(24)14-9-6-10-19-11-14/h6,9-13,15H,3-5,7-8H2,1-2H3,(H,20,23)(H,21,24)(H,22,25). The van der Waals surface area contributed by atoms with Crippen LogP contribution in [0.2, 0.25) is 0 Å². The number of carbonyl (C=O) groups excluding carboxylic acids is 3. The van der Waals surface area contributed by atoms with Crippen molar-refractivity contribution in [3.05, 3.63) is 30.1 Å². The number of hydrogen-bond acceptors (Lipinski definition) is 4. The largest absolute Gasteiger partial charge is 0.344 e. The Bertz CT molecular complexity index is 598. The van der Waals surface area contributed by atoms with E-state index in [1.807, 2.05) is 13.8 Å². The third-order valence-electron chi connectivity index (χ3n) is 4.45. The molecule has 0 radical (unpaired) electrons. The molecule has 1 unspecified atom stereocenters. The van der Waals surface area contributed by atoms with E-state index < -0.39 is 17.9 Å². The van der Waals surface area contributed by atoms with Crippen LogP contribution in [0.15, 0.2) is 24.5 Å². The van der Waals surface area contributed by atoms with Gasteiger partial charge in [0.15, 0.2) is 0 Å². The van der Waals surface area contributed by atoms with Crippen LogP contribution in [-0.2, 0) is 9.59 Å². The first-order valence-electron chi connectivity index (χ1n) is 8.79. The topological polar surface area (TPSA) is 100 Å². The first kappa shape index (κ1) is 18.9. The minimum Gasteiger partial charge on any atom is -0.344 e. The quantitative estimate of drug-likeness (QED) is 0.705. The zero-order valence-corrected chi connectivity index (χ0v) is 14.7. The van der Waals surface area contributed by atoms with Crippen LogP contribution >= 0.6 is 0 Å². The van der Waals surface area contributed by atoms with E-state index in [1.165, 1.54) is 6.20 Å². The molecule has 2 rings (SSSR count). The summed E-state index contributed by atoms with van der Waals surface area (Å²) in [5, 5.41) is 2.83. The maximum absolute atomic E-state index is 12.4. The Kier molecular flexibility index (Phi) is 6.91. The maximum atomic E-state index is 12.4. The molecule has 1 heterocycles. The number of pyridine rings is 1. The molecule has 1 aromatic rings. The normalized spacial score (nSPS) is 16.1. The number of amides is 3. The number of rotatable bonds is 5. The molecular weight excluding hydrogens is 320 g/mol. The fourth-order valence-corrected chi connectivity index (χ4v) is 2.94. The van der Waals surface area contributed by atoms with E-state index in [1.54, 1.807) is 18.3 Å². The van der Waals surface area contributed by atoms with Gasteiger partial charge in [0.2, 0.25) is 5.91 Å². The molecule has 3 amide bonds. The third kappa shape index (κ3) is 5.55. The van der Waals surface area contributed by atoms with Crippen LogP contribution in [0, 0.1) is 11.8 Å². The Hall–Kier alpha value is -2.44. The second kappa shape index (κ2) is 9.15. The van der Waals surface area contributed by atoms with E-state index in [0.717, 1.165) is 32.1 Å². The Morgan fingerprint density at radius 1 is 1.12 bits per heavy atom. The highest BCUT2D eigenvalue weighted by atomic mass is 16.2. The lowest BCUT2D eigenvalue weighted by Gasteiger charge is -2.26. The highest BCUT2D eigenvalue weighted by Gasteiger charge is 2.28. The van der Waals surface area contributed by atoms with Gasteiger partial charge in [-0.05, 0) is 30.9 Å². The highest BCUT2D eigenvalue weighted by molar-refractivity contribution is 5.96. The Labute approximate surface area is 147 Å². The van der Waals surface area contributed by atoms with Crippen molar-refractivity contribution >= 4 is 17.7 Å². The van der Waals surface area contributed by atoms with Crippen LogP contribution in [-0.4, -0.2) is 28.7 Å². The average Bonchev–Trinajstić information content (AvgIpc) is 2.64. The fraction of sp³-hybridized carbons (Fsp3) is 0.556. The predicted octanol–water partition coefficient (Wildman–Crippen LogP) is 1.56. The van der Waals surface area contributed by atoms with Gasteiger partial charge in [-0.25, -0.2) is 0 Å². The fourth-order valence-electron chi connectivity index (χ4n) is 2.94. The number of aromatic nitrogens is 1. The van der Waals surface area contributed by atoms with Crippen LogP contribution in [0.25, 0.3) is 0 Å². The van der Waals surface area contributed by atoms with Crippen LogP contribution in [0.4, 0.5) is 0 Å². The van der Waals surface area contributed by atoms with Crippen LogP contribution < -0.4 is 16.2 Å². The van der Waals surface area contributed by atoms with E-state index in [4.69, 9.17) is 0 Å². The number of carbonyl (C=O) groups is 3. The molecule has 1 aliphatic rings. The highest BCUT2D eigenvalue weighted by Crippen LogP contribution is 2.24. The lowest BCUT2D eigenvalue weighted by atomic mass is 9.88. The molecule has 0 bridgehead atoms. The molecule has 7 nitrogen and oxygen atoms in total. The van der Waals surface area contributed by atoms with Gasteiger partial charge in [-0.1, -0.05) is 33.1 Å². The summed E-state index contributed by atoms with van der Waals surface area (Å²) in [6.07, 6.45) is 7.98. The van der Waals surface area contributed by atoms with Crippen molar-refractivity contribution in [2.75, 3.05) is 0 Å². The molecule has 1 aromatic heterocycles. The Balaban J connectivity index is 1.89. The number of nitrogens with one attached hydrogen (secondary N) is 3. The van der Waals surface area contributed by atoms with Crippen molar-refractivity contribution in [2.45, 2.75) is 52.0 Å². The smallest absolute Gasteiger partial charge is 0.271 e. The van der Waals surface area contributed by atoms with Gasteiger partial charge in [-0.2, -0.15) is 0 Å². The molecule has 136 valence electrons. The average molecular weight is 346 g/mol. The van der Waals surface area contributed by atoms with Gasteiger partial charge >= 0.3 is 0 Å². The second-order valence-electron chi connectivity index (χ2n) is 6.75. The summed E-state index contributed by atoms with van der Waals surface area (Å²) in [5.74, 6) is -1.08. The molecule has 0 aliphatic heterocycles. The minimum absolute atomic E-state index is 0.0206. The van der Waals surface area contributed by atoms with Gasteiger partial charge in [0.1, 0.15) is 6.04 Å². The zero-order chi connectivity index (χ0) is 18.2. The van der Waals surface area contributed by atoms with Crippen molar-refractivity contribution in [2.24, 2.45) is 11.8 Å². The summed E-state index contributed by atoms with van der Waals surface area (Å²) in [4.78, 5) is 40.6. The summed E-state index contributed by atoms with van der Waals surface area (Å²) in [7, 11) is 0. The van der Waals surface area contributed by atoms with E-state index in [2.05, 4.69) is 21.2 Å². The summed E-state index contributed by atoms with van der Waals surface area (Å²) in [6, 6.07) is 2.54. The summed E-state index contributed by atoms with van der Waals surface area (Å²) in [6.45, 7) is 3.71. The summed E-state index contributed by atoms with van der Waals surface area (Å²) >= 11 is 0. The predicted molar refractivity (Wildman–Crippen MR) is 93.2 cm³/mol. The summed E-state index contributed by atoms with van der Waals surface area (Å²) in [5.41, 5.74) is 5.09. The monoisotopic (exact) mass is 346 g/mol. The van der Waals surface area contributed by atoms with Gasteiger partial charge in [-0.3, -0.25) is 30.2 Å². The van der Waals surface area contributed by atoms with Gasteiger partial charge < -0.3 is 5.32 Å². The van der Waals surface area contributed by atoms with Crippen molar-refractivity contribution in [3.63, 3.8) is 0 Å². The molecule has 0 aromatic carbocycles. The summed E-state index contributed by atoms with van der Waals surface area (Å²) < 4.78 is 0. The molecule has 1 aliphatic carbocycles. The SMILES string of the molecule is CC(C)C(NC(=O)C1CCCCC1)C(=O)NNC(=O)c1cccnc1. The first-order valence-corrected chi connectivity index (χ1v) is 8.79. The minimum atomic E-state index is -0.691. The second-order valence-corrected chi connectivity index (χ2v) is 6.75. The van der Waals surface area contributed by atoms with Gasteiger partial charge in [0.05, 0.1) is 5.56 Å². The van der Waals surface area contributed by atoms with E-state index in [9.17, 15) is 14.4 Å². The van der Waals surface area contributed by atoms with Crippen LogP contribution in [0.5, 0.6) is 0 Å². The number of hydrazine groups is 1. The molecule has 0 spiro atoms. The Morgan fingerprint density at radius 2 is 1.84 bits per heavy atom. The van der Waals surface area contributed by atoms with Crippen molar-refractivity contribution in [1.29, 1.82) is 0 Å². The first-order chi connectivity index (χ1) is 12.0. The molecule has 3 N–H and O–H groups in total. The molecule has 1 fully saturated rings. The van der Waals surface area contributed by atoms with Gasteiger partial charge in [-0.15, -0.1) is 0 Å². The Morgan fingerprint density at radius 3 is 2.44 bits per heavy atom.